The van der Waals surface area contributed by atoms with Gasteiger partial charge in [-0.2, -0.15) is 0 Å². The lowest BCUT2D eigenvalue weighted by molar-refractivity contribution is 0.112. The molecule has 1 nitrogen and oxygen atoms in total. The summed E-state index contributed by atoms with van der Waals surface area (Å²) in [5.41, 5.74) is 2.53. The Labute approximate surface area is 78.4 Å². The van der Waals surface area contributed by atoms with Crippen molar-refractivity contribution in [1.29, 1.82) is 0 Å². The van der Waals surface area contributed by atoms with Crippen molar-refractivity contribution >= 4 is 11.9 Å². The first kappa shape index (κ1) is 9.46. The van der Waals surface area contributed by atoms with Gasteiger partial charge in [0.05, 0.1) is 0 Å². The van der Waals surface area contributed by atoms with Crippen LogP contribution in [0.2, 0.25) is 0 Å². The SMILES string of the molecule is C=CCC(=C)c1ccccc1C=O. The average molecular weight is 172 g/mol. The number of carbonyl (C=O) groups is 1. The number of aldehydes is 1. The lowest BCUT2D eigenvalue weighted by Crippen LogP contribution is -1.89. The molecular formula is C12H12O. The largest absolute Gasteiger partial charge is 0.298 e. The molecule has 66 valence electrons. The molecular weight excluding hydrogens is 160 g/mol. The Balaban J connectivity index is 3.05. The second kappa shape index (κ2) is 4.41. The van der Waals surface area contributed by atoms with Gasteiger partial charge in [0, 0.05) is 5.56 Å². The second-order valence-electron chi connectivity index (χ2n) is 2.80. The van der Waals surface area contributed by atoms with Crippen molar-refractivity contribution in [3.8, 4) is 0 Å². The molecule has 0 spiro atoms. The summed E-state index contributed by atoms with van der Waals surface area (Å²) in [7, 11) is 0. The minimum atomic E-state index is 0.689. The highest BCUT2D eigenvalue weighted by molar-refractivity contribution is 5.85. The zero-order valence-electron chi connectivity index (χ0n) is 7.49. The van der Waals surface area contributed by atoms with Crippen LogP contribution in [0.15, 0.2) is 43.5 Å². The Bertz CT molecular complexity index is 337. The molecule has 0 fully saturated rings. The van der Waals surface area contributed by atoms with Gasteiger partial charge in [-0.15, -0.1) is 6.58 Å². The first-order chi connectivity index (χ1) is 6.29. The summed E-state index contributed by atoms with van der Waals surface area (Å²) in [6, 6.07) is 7.43. The minimum Gasteiger partial charge on any atom is -0.298 e. The van der Waals surface area contributed by atoms with Crippen LogP contribution in [0.4, 0.5) is 0 Å². The molecule has 1 aromatic carbocycles. The number of allylic oxidation sites excluding steroid dienone is 2. The van der Waals surface area contributed by atoms with Crippen molar-refractivity contribution in [3.63, 3.8) is 0 Å². The number of benzene rings is 1. The van der Waals surface area contributed by atoms with Crippen molar-refractivity contribution in [2.24, 2.45) is 0 Å². The van der Waals surface area contributed by atoms with E-state index in [1.54, 1.807) is 12.1 Å². The van der Waals surface area contributed by atoms with Crippen LogP contribution in [0.5, 0.6) is 0 Å². The highest BCUT2D eigenvalue weighted by Gasteiger charge is 2.02. The van der Waals surface area contributed by atoms with Crippen LogP contribution in [0, 0.1) is 0 Å². The quantitative estimate of drug-likeness (QED) is 0.504. The summed E-state index contributed by atoms with van der Waals surface area (Å²) in [5.74, 6) is 0. The summed E-state index contributed by atoms with van der Waals surface area (Å²) in [6.45, 7) is 7.53. The lowest BCUT2D eigenvalue weighted by atomic mass is 9.99. The van der Waals surface area contributed by atoms with E-state index in [4.69, 9.17) is 0 Å². The molecule has 1 heteroatoms. The summed E-state index contributed by atoms with van der Waals surface area (Å²) < 4.78 is 0. The molecule has 0 N–H and O–H groups in total. The first-order valence-corrected chi connectivity index (χ1v) is 4.13. The van der Waals surface area contributed by atoms with E-state index in [9.17, 15) is 4.79 Å². The van der Waals surface area contributed by atoms with Gasteiger partial charge in [-0.1, -0.05) is 36.9 Å². The van der Waals surface area contributed by atoms with E-state index in [0.29, 0.717) is 12.0 Å². The van der Waals surface area contributed by atoms with E-state index in [2.05, 4.69) is 13.2 Å². The zero-order chi connectivity index (χ0) is 9.68. The van der Waals surface area contributed by atoms with Crippen molar-refractivity contribution in [3.05, 3.63) is 54.6 Å². The predicted octanol–water partition coefficient (Wildman–Crippen LogP) is 3.09. The molecule has 0 aliphatic carbocycles. The summed E-state index contributed by atoms with van der Waals surface area (Å²) in [4.78, 5) is 10.7. The lowest BCUT2D eigenvalue weighted by Gasteiger charge is -2.04. The molecule has 0 unspecified atom stereocenters. The fourth-order valence-electron chi connectivity index (χ4n) is 1.21. The zero-order valence-corrected chi connectivity index (χ0v) is 7.49. The van der Waals surface area contributed by atoms with Crippen LogP contribution in [-0.2, 0) is 0 Å². The van der Waals surface area contributed by atoms with Gasteiger partial charge in [-0.05, 0) is 17.6 Å². The fraction of sp³-hybridized carbons (Fsp3) is 0.0833. The van der Waals surface area contributed by atoms with Crippen molar-refractivity contribution < 1.29 is 4.79 Å². The standard InChI is InChI=1S/C12H12O/c1-3-6-10(2)12-8-5-4-7-11(12)9-13/h3-5,7-9H,1-2,6H2. The summed E-state index contributed by atoms with van der Waals surface area (Å²) in [6.07, 6.45) is 3.35. The van der Waals surface area contributed by atoms with Gasteiger partial charge < -0.3 is 0 Å². The molecule has 0 radical (unpaired) electrons. The second-order valence-corrected chi connectivity index (χ2v) is 2.80. The Morgan fingerprint density at radius 1 is 1.38 bits per heavy atom. The molecule has 0 bridgehead atoms. The van der Waals surface area contributed by atoms with E-state index in [1.807, 2.05) is 18.2 Å². The maximum atomic E-state index is 10.7. The molecule has 0 aromatic heterocycles. The average Bonchev–Trinajstić information content (AvgIpc) is 2.18. The van der Waals surface area contributed by atoms with Crippen molar-refractivity contribution in [1.82, 2.24) is 0 Å². The van der Waals surface area contributed by atoms with E-state index in [0.717, 1.165) is 17.4 Å². The van der Waals surface area contributed by atoms with Gasteiger partial charge in [-0.25, -0.2) is 0 Å². The molecule has 0 heterocycles. The van der Waals surface area contributed by atoms with Gasteiger partial charge in [0.25, 0.3) is 0 Å². The molecule has 13 heavy (non-hydrogen) atoms. The van der Waals surface area contributed by atoms with E-state index in [-0.39, 0.29) is 0 Å². The minimum absolute atomic E-state index is 0.689. The molecule has 1 rings (SSSR count). The van der Waals surface area contributed by atoms with Crippen molar-refractivity contribution in [2.75, 3.05) is 0 Å². The van der Waals surface area contributed by atoms with Crippen LogP contribution in [0.1, 0.15) is 22.3 Å². The highest BCUT2D eigenvalue weighted by Crippen LogP contribution is 2.19. The molecule has 0 aliphatic rings. The Morgan fingerprint density at radius 3 is 2.69 bits per heavy atom. The Morgan fingerprint density at radius 2 is 2.08 bits per heavy atom. The predicted molar refractivity (Wildman–Crippen MR) is 55.7 cm³/mol. The number of hydrogen-bond acceptors (Lipinski definition) is 1. The molecule has 0 saturated heterocycles. The van der Waals surface area contributed by atoms with Crippen LogP contribution in [-0.4, -0.2) is 6.29 Å². The number of hydrogen-bond donors (Lipinski definition) is 0. The maximum Gasteiger partial charge on any atom is 0.150 e. The third kappa shape index (κ3) is 2.15. The molecule has 0 amide bonds. The number of carbonyl (C=O) groups excluding carboxylic acids is 1. The molecule has 0 aliphatic heterocycles. The molecule has 0 atom stereocenters. The Kier molecular flexibility index (Phi) is 3.21. The summed E-state index contributed by atoms with van der Waals surface area (Å²) >= 11 is 0. The smallest absolute Gasteiger partial charge is 0.150 e. The Hall–Kier alpha value is -1.63. The van der Waals surface area contributed by atoms with Gasteiger partial charge >= 0.3 is 0 Å². The van der Waals surface area contributed by atoms with E-state index in [1.165, 1.54) is 0 Å². The third-order valence-electron chi connectivity index (χ3n) is 1.86. The topological polar surface area (TPSA) is 17.1 Å². The highest BCUT2D eigenvalue weighted by atomic mass is 16.1. The van der Waals surface area contributed by atoms with Gasteiger partial charge in [0.1, 0.15) is 0 Å². The fourth-order valence-corrected chi connectivity index (χ4v) is 1.21. The van der Waals surface area contributed by atoms with E-state index >= 15 is 0 Å². The van der Waals surface area contributed by atoms with Gasteiger partial charge in [0.2, 0.25) is 0 Å². The van der Waals surface area contributed by atoms with Crippen LogP contribution < -0.4 is 0 Å². The normalized spacial score (nSPS) is 9.23. The monoisotopic (exact) mass is 172 g/mol. The van der Waals surface area contributed by atoms with Crippen molar-refractivity contribution in [2.45, 2.75) is 6.42 Å². The maximum absolute atomic E-state index is 10.7. The van der Waals surface area contributed by atoms with Crippen LogP contribution in [0.3, 0.4) is 0 Å². The van der Waals surface area contributed by atoms with Gasteiger partial charge in [0.15, 0.2) is 6.29 Å². The summed E-state index contributed by atoms with van der Waals surface area (Å²) in [5, 5.41) is 0. The molecule has 0 saturated carbocycles. The first-order valence-electron chi connectivity index (χ1n) is 4.13. The van der Waals surface area contributed by atoms with Gasteiger partial charge in [-0.3, -0.25) is 4.79 Å². The van der Waals surface area contributed by atoms with E-state index < -0.39 is 0 Å². The van der Waals surface area contributed by atoms with Crippen LogP contribution in [0.25, 0.3) is 5.57 Å². The third-order valence-corrected chi connectivity index (χ3v) is 1.86. The number of rotatable bonds is 4. The molecule has 1 aromatic rings. The van der Waals surface area contributed by atoms with Crippen LogP contribution >= 0.6 is 0 Å².